The van der Waals surface area contributed by atoms with Crippen LogP contribution in [0.15, 0.2) is 48.7 Å². The summed E-state index contributed by atoms with van der Waals surface area (Å²) in [6.07, 6.45) is 1.82. The van der Waals surface area contributed by atoms with Crippen molar-refractivity contribution in [2.24, 2.45) is 0 Å². The van der Waals surface area contributed by atoms with Gasteiger partial charge in [-0.15, -0.1) is 0 Å². The highest BCUT2D eigenvalue weighted by molar-refractivity contribution is 7.80. The summed E-state index contributed by atoms with van der Waals surface area (Å²) in [7, 11) is 1.51. The number of ether oxygens (including phenoxy) is 1. The summed E-state index contributed by atoms with van der Waals surface area (Å²) >= 11 is 5.89. The number of carbonyl (C=O) groups is 1. The van der Waals surface area contributed by atoms with Crippen molar-refractivity contribution in [3.05, 3.63) is 76.9 Å². The second-order valence-corrected chi connectivity index (χ2v) is 9.65. The van der Waals surface area contributed by atoms with Crippen LogP contribution < -0.4 is 15.5 Å². The van der Waals surface area contributed by atoms with Crippen molar-refractivity contribution in [2.75, 3.05) is 23.9 Å². The summed E-state index contributed by atoms with van der Waals surface area (Å²) in [4.78, 5) is 18.9. The van der Waals surface area contributed by atoms with Gasteiger partial charge in [0, 0.05) is 42.1 Å². The lowest BCUT2D eigenvalue weighted by molar-refractivity contribution is -0.119. The molecule has 2 aromatic heterocycles. The number of amides is 1. The maximum absolute atomic E-state index is 12.0. The molecule has 4 rings (SSSR count). The summed E-state index contributed by atoms with van der Waals surface area (Å²) in [5.41, 5.74) is 7.26. The largest absolute Gasteiger partial charge is 0.375 e. The molecule has 1 aliphatic rings. The monoisotopic (exact) mass is 491 g/mol. The van der Waals surface area contributed by atoms with Crippen LogP contribution in [0.3, 0.4) is 0 Å². The number of nitrogens with zero attached hydrogens (tertiary/aromatic N) is 3. The van der Waals surface area contributed by atoms with Crippen molar-refractivity contribution >= 4 is 34.6 Å². The molecule has 7 nitrogen and oxygen atoms in total. The maximum atomic E-state index is 12.0. The van der Waals surface area contributed by atoms with Gasteiger partial charge in [-0.05, 0) is 94.4 Å². The second kappa shape index (κ2) is 10.2. The number of nitrogens with one attached hydrogen (secondary N) is 2. The fraction of sp³-hybridized carbons (Fsp3) is 0.370. The minimum atomic E-state index is -0.184. The number of methoxy groups -OCH3 is 1. The van der Waals surface area contributed by atoms with Gasteiger partial charge < -0.3 is 24.8 Å². The lowest BCUT2D eigenvalue weighted by atomic mass is 9.96. The van der Waals surface area contributed by atoms with Crippen molar-refractivity contribution in [3.63, 3.8) is 0 Å². The van der Waals surface area contributed by atoms with Crippen molar-refractivity contribution in [1.29, 1.82) is 0 Å². The summed E-state index contributed by atoms with van der Waals surface area (Å²) in [6, 6.07) is 14.4. The number of hydrogen-bond donors (Lipinski definition) is 2. The third kappa shape index (κ3) is 4.81. The average molecular weight is 492 g/mol. The fourth-order valence-corrected chi connectivity index (χ4v) is 5.45. The predicted octanol–water partition coefficient (Wildman–Crippen LogP) is 5.15. The molecule has 184 valence electrons. The van der Waals surface area contributed by atoms with Gasteiger partial charge in [0.25, 0.3) is 0 Å². The number of pyridine rings is 1. The molecule has 0 spiro atoms. The standard InChI is InChI=1S/C27H33N5O2S/c1-16(2)31-18(4)14-21(19(31)5)26-25(23-9-7-8-12-28-23)30-27(35)32(26)20-10-11-22(17(3)13-20)29-24(33)15-34-6/h7-14,16,25-26H,15H2,1-6H3,(H,29,33)(H,30,35)/t25-,26+/m1/s1. The highest BCUT2D eigenvalue weighted by Crippen LogP contribution is 2.44. The Kier molecular flexibility index (Phi) is 7.23. The lowest BCUT2D eigenvalue weighted by Crippen LogP contribution is -2.29. The molecule has 3 heterocycles. The third-order valence-electron chi connectivity index (χ3n) is 6.49. The molecule has 0 unspecified atom stereocenters. The number of thiocarbonyl (C=S) groups is 1. The van der Waals surface area contributed by atoms with Crippen LogP contribution in [-0.4, -0.2) is 34.3 Å². The molecule has 2 N–H and O–H groups in total. The van der Waals surface area contributed by atoms with E-state index in [0.717, 1.165) is 22.6 Å². The van der Waals surface area contributed by atoms with Gasteiger partial charge in [-0.25, -0.2) is 0 Å². The van der Waals surface area contributed by atoms with Crippen molar-refractivity contribution in [2.45, 2.75) is 52.7 Å². The number of carbonyl (C=O) groups excluding carboxylic acids is 1. The first-order valence-electron chi connectivity index (χ1n) is 11.8. The number of aromatic nitrogens is 2. The van der Waals surface area contributed by atoms with Crippen LogP contribution in [0, 0.1) is 20.8 Å². The van der Waals surface area contributed by atoms with Crippen molar-refractivity contribution < 1.29 is 9.53 Å². The van der Waals surface area contributed by atoms with Crippen LogP contribution in [0.2, 0.25) is 0 Å². The summed E-state index contributed by atoms with van der Waals surface area (Å²) in [6.45, 7) is 10.7. The molecule has 0 radical (unpaired) electrons. The van der Waals surface area contributed by atoms with E-state index in [1.165, 1.54) is 24.1 Å². The molecule has 1 aliphatic heterocycles. The number of benzene rings is 1. The topological polar surface area (TPSA) is 71.4 Å². The van der Waals surface area contributed by atoms with Gasteiger partial charge in [-0.1, -0.05) is 6.07 Å². The highest BCUT2D eigenvalue weighted by atomic mass is 32.1. The summed E-state index contributed by atoms with van der Waals surface area (Å²) < 4.78 is 7.30. The van der Waals surface area contributed by atoms with Gasteiger partial charge in [0.05, 0.1) is 17.8 Å². The zero-order chi connectivity index (χ0) is 25.3. The van der Waals surface area contributed by atoms with E-state index in [1.54, 1.807) is 0 Å². The molecule has 8 heteroatoms. The Morgan fingerprint density at radius 1 is 1.20 bits per heavy atom. The van der Waals surface area contributed by atoms with E-state index >= 15 is 0 Å². The van der Waals surface area contributed by atoms with E-state index in [1.807, 2.05) is 43.5 Å². The fourth-order valence-electron chi connectivity index (χ4n) is 5.10. The highest BCUT2D eigenvalue weighted by Gasteiger charge is 2.42. The van der Waals surface area contributed by atoms with E-state index < -0.39 is 0 Å². The number of anilines is 2. The second-order valence-electron chi connectivity index (χ2n) is 9.27. The minimum Gasteiger partial charge on any atom is -0.375 e. The SMILES string of the molecule is COCC(=O)Nc1ccc(N2C(=S)N[C@H](c3ccccn3)[C@@H]2c2cc(C)n(C(C)C)c2C)cc1C. The van der Waals surface area contributed by atoms with Gasteiger partial charge in [0.1, 0.15) is 6.61 Å². The Morgan fingerprint density at radius 2 is 1.97 bits per heavy atom. The van der Waals surface area contributed by atoms with Crippen LogP contribution in [0.25, 0.3) is 0 Å². The normalized spacial score (nSPS) is 17.7. The van der Waals surface area contributed by atoms with Crippen LogP contribution in [0.1, 0.15) is 60.2 Å². The molecular formula is C27H33N5O2S. The van der Waals surface area contributed by atoms with Crippen LogP contribution in [0.4, 0.5) is 11.4 Å². The Labute approximate surface area is 212 Å². The number of aryl methyl sites for hydroxylation is 2. The lowest BCUT2D eigenvalue weighted by Gasteiger charge is -2.29. The molecule has 1 saturated heterocycles. The molecule has 2 atom stereocenters. The Bertz CT molecular complexity index is 1240. The Morgan fingerprint density at radius 3 is 2.57 bits per heavy atom. The van der Waals surface area contributed by atoms with Gasteiger partial charge in [-0.3, -0.25) is 9.78 Å². The van der Waals surface area contributed by atoms with Gasteiger partial charge >= 0.3 is 0 Å². The molecule has 1 fully saturated rings. The molecule has 3 aromatic rings. The van der Waals surface area contributed by atoms with Crippen LogP contribution >= 0.6 is 12.2 Å². The zero-order valence-electron chi connectivity index (χ0n) is 21.1. The average Bonchev–Trinajstić information content (AvgIpc) is 3.31. The molecule has 1 aromatic carbocycles. The number of hydrogen-bond acceptors (Lipinski definition) is 4. The Balaban J connectivity index is 1.80. The van der Waals surface area contributed by atoms with Crippen LogP contribution in [-0.2, 0) is 9.53 Å². The van der Waals surface area contributed by atoms with E-state index in [-0.39, 0.29) is 24.6 Å². The molecule has 0 saturated carbocycles. The van der Waals surface area contributed by atoms with Crippen LogP contribution in [0.5, 0.6) is 0 Å². The zero-order valence-corrected chi connectivity index (χ0v) is 21.9. The Hall–Kier alpha value is -3.23. The predicted molar refractivity (Wildman–Crippen MR) is 144 cm³/mol. The van der Waals surface area contributed by atoms with E-state index in [0.29, 0.717) is 11.2 Å². The van der Waals surface area contributed by atoms with E-state index in [9.17, 15) is 4.79 Å². The van der Waals surface area contributed by atoms with Gasteiger partial charge in [-0.2, -0.15) is 0 Å². The summed E-state index contributed by atoms with van der Waals surface area (Å²) in [5.74, 6) is -0.184. The maximum Gasteiger partial charge on any atom is 0.250 e. The van der Waals surface area contributed by atoms with E-state index in [4.69, 9.17) is 17.0 Å². The summed E-state index contributed by atoms with van der Waals surface area (Å²) in [5, 5.41) is 7.09. The van der Waals surface area contributed by atoms with Gasteiger partial charge in [0.2, 0.25) is 5.91 Å². The van der Waals surface area contributed by atoms with E-state index in [2.05, 4.69) is 64.9 Å². The van der Waals surface area contributed by atoms with Crippen molar-refractivity contribution in [1.82, 2.24) is 14.9 Å². The van der Waals surface area contributed by atoms with Gasteiger partial charge in [0.15, 0.2) is 5.11 Å². The number of rotatable bonds is 7. The van der Waals surface area contributed by atoms with Crippen molar-refractivity contribution in [3.8, 4) is 0 Å². The molecule has 0 bridgehead atoms. The molecule has 1 amide bonds. The minimum absolute atomic E-state index is 0.0145. The first-order valence-corrected chi connectivity index (χ1v) is 12.2. The quantitative estimate of drug-likeness (QED) is 0.446. The first-order chi connectivity index (χ1) is 16.7. The first kappa shape index (κ1) is 24.9. The smallest absolute Gasteiger partial charge is 0.250 e. The molecular weight excluding hydrogens is 458 g/mol. The third-order valence-corrected chi connectivity index (χ3v) is 6.81. The molecule has 35 heavy (non-hydrogen) atoms. The molecule has 0 aliphatic carbocycles.